The highest BCUT2D eigenvalue weighted by molar-refractivity contribution is 5.75. The molecular formula is C19H14FN7. The molecule has 0 fully saturated rings. The summed E-state index contributed by atoms with van der Waals surface area (Å²) in [6, 6.07) is 10.2. The molecule has 132 valence electrons. The van der Waals surface area contributed by atoms with E-state index in [1.807, 2.05) is 23.0 Å². The molecule has 7 nitrogen and oxygen atoms in total. The molecule has 4 heterocycles. The topological polar surface area (TPSA) is 77.2 Å². The second-order valence-corrected chi connectivity index (χ2v) is 6.13. The van der Waals surface area contributed by atoms with Crippen molar-refractivity contribution in [3.63, 3.8) is 0 Å². The average Bonchev–Trinajstić information content (AvgIpc) is 3.39. The van der Waals surface area contributed by atoms with Crippen molar-refractivity contribution >= 4 is 11.2 Å². The highest BCUT2D eigenvalue weighted by atomic mass is 19.1. The van der Waals surface area contributed by atoms with Gasteiger partial charge < -0.3 is 4.98 Å². The Balaban J connectivity index is 1.48. The number of halogens is 1. The van der Waals surface area contributed by atoms with E-state index < -0.39 is 0 Å². The molecule has 0 unspecified atom stereocenters. The molecule has 8 heteroatoms. The first-order valence-electron chi connectivity index (χ1n) is 8.38. The molecule has 0 spiro atoms. The van der Waals surface area contributed by atoms with Crippen molar-refractivity contribution in [2.45, 2.75) is 6.54 Å². The first-order valence-corrected chi connectivity index (χ1v) is 8.38. The summed E-state index contributed by atoms with van der Waals surface area (Å²) in [5.74, 6) is 0.387. The largest absolute Gasteiger partial charge is 0.335 e. The molecule has 5 aromatic rings. The van der Waals surface area contributed by atoms with E-state index in [0.717, 1.165) is 22.3 Å². The van der Waals surface area contributed by atoms with E-state index in [2.05, 4.69) is 25.1 Å². The molecule has 0 saturated heterocycles. The molecule has 0 atom stereocenters. The van der Waals surface area contributed by atoms with E-state index in [9.17, 15) is 4.39 Å². The molecule has 0 aliphatic carbocycles. The van der Waals surface area contributed by atoms with Crippen molar-refractivity contribution in [1.29, 1.82) is 0 Å². The van der Waals surface area contributed by atoms with Crippen LogP contribution in [0.3, 0.4) is 0 Å². The quantitative estimate of drug-likeness (QED) is 0.535. The van der Waals surface area contributed by atoms with Crippen molar-refractivity contribution in [2.24, 2.45) is 0 Å². The van der Waals surface area contributed by atoms with Gasteiger partial charge in [0, 0.05) is 18.6 Å². The number of aromatic nitrogens is 7. The predicted octanol–water partition coefficient (Wildman–Crippen LogP) is 3.19. The molecule has 0 saturated carbocycles. The fourth-order valence-corrected chi connectivity index (χ4v) is 2.96. The number of fused-ring (bicyclic) bond motifs is 1. The van der Waals surface area contributed by atoms with Crippen LogP contribution in [0, 0.1) is 5.82 Å². The van der Waals surface area contributed by atoms with Crippen LogP contribution in [0.5, 0.6) is 0 Å². The van der Waals surface area contributed by atoms with Crippen molar-refractivity contribution in [2.75, 3.05) is 0 Å². The number of nitrogens with one attached hydrogen (secondary N) is 1. The van der Waals surface area contributed by atoms with Crippen LogP contribution in [-0.2, 0) is 6.54 Å². The number of benzene rings is 1. The third kappa shape index (κ3) is 2.86. The van der Waals surface area contributed by atoms with Gasteiger partial charge in [0.15, 0.2) is 5.65 Å². The summed E-state index contributed by atoms with van der Waals surface area (Å²) in [4.78, 5) is 12.0. The van der Waals surface area contributed by atoms with Gasteiger partial charge in [-0.3, -0.25) is 4.98 Å². The van der Waals surface area contributed by atoms with Crippen LogP contribution in [0.2, 0.25) is 0 Å². The van der Waals surface area contributed by atoms with Crippen LogP contribution < -0.4 is 0 Å². The molecule has 0 aliphatic heterocycles. The first-order chi connectivity index (χ1) is 13.3. The lowest BCUT2D eigenvalue weighted by Crippen LogP contribution is -2.01. The number of rotatable bonds is 4. The van der Waals surface area contributed by atoms with Crippen LogP contribution in [-0.4, -0.2) is 34.5 Å². The zero-order valence-electron chi connectivity index (χ0n) is 14.1. The minimum atomic E-state index is -0.301. The summed E-state index contributed by atoms with van der Waals surface area (Å²) in [5, 5.41) is 8.70. The van der Waals surface area contributed by atoms with Gasteiger partial charge in [-0.05, 0) is 35.9 Å². The third-order valence-corrected chi connectivity index (χ3v) is 4.29. The fourth-order valence-electron chi connectivity index (χ4n) is 2.96. The van der Waals surface area contributed by atoms with Crippen molar-refractivity contribution in [3.8, 4) is 17.1 Å². The SMILES string of the molecule is Fc1cccc(-n2cc(-c3nc4c(cnn4Cc4ccncc4)[nH]3)cn2)c1. The maximum absolute atomic E-state index is 13.4. The molecule has 4 aromatic heterocycles. The van der Waals surface area contributed by atoms with Gasteiger partial charge in [-0.1, -0.05) is 6.07 Å². The van der Waals surface area contributed by atoms with Crippen LogP contribution in [0.25, 0.3) is 28.2 Å². The number of nitrogens with zero attached hydrogens (tertiary/aromatic N) is 6. The smallest absolute Gasteiger partial charge is 0.177 e. The Labute approximate surface area is 153 Å². The second-order valence-electron chi connectivity index (χ2n) is 6.13. The fraction of sp³-hybridized carbons (Fsp3) is 0.0526. The number of H-pyrrole nitrogens is 1. The number of imidazole rings is 1. The van der Waals surface area contributed by atoms with Crippen molar-refractivity contribution < 1.29 is 4.39 Å². The number of aromatic amines is 1. The van der Waals surface area contributed by atoms with Crippen LogP contribution in [0.1, 0.15) is 5.56 Å². The summed E-state index contributed by atoms with van der Waals surface area (Å²) < 4.78 is 16.9. The zero-order chi connectivity index (χ0) is 18.2. The molecule has 0 radical (unpaired) electrons. The lowest BCUT2D eigenvalue weighted by Gasteiger charge is -2.01. The van der Waals surface area contributed by atoms with Crippen LogP contribution in [0.15, 0.2) is 67.4 Å². The maximum Gasteiger partial charge on any atom is 0.177 e. The Bertz CT molecular complexity index is 1220. The van der Waals surface area contributed by atoms with Gasteiger partial charge >= 0.3 is 0 Å². The highest BCUT2D eigenvalue weighted by Gasteiger charge is 2.13. The molecule has 5 rings (SSSR count). The van der Waals surface area contributed by atoms with Crippen LogP contribution >= 0.6 is 0 Å². The Hall–Kier alpha value is -3.81. The molecule has 0 amide bonds. The maximum atomic E-state index is 13.4. The standard InChI is InChI=1S/C19H14FN7/c20-15-2-1-3-16(8-15)26-12-14(9-22-26)18-24-17-10-23-27(19(17)25-18)11-13-4-6-21-7-5-13/h1-10,12H,11H2,(H,24,25). The van der Waals surface area contributed by atoms with Crippen molar-refractivity contribution in [1.82, 2.24) is 34.5 Å². The van der Waals surface area contributed by atoms with E-state index in [-0.39, 0.29) is 5.82 Å². The summed E-state index contributed by atoms with van der Waals surface area (Å²) in [6.07, 6.45) is 8.78. The Morgan fingerprint density at radius 1 is 1.04 bits per heavy atom. The molecule has 1 N–H and O–H groups in total. The number of hydrogen-bond donors (Lipinski definition) is 1. The van der Waals surface area contributed by atoms with Gasteiger partial charge in [0.2, 0.25) is 0 Å². The summed E-state index contributed by atoms with van der Waals surface area (Å²) >= 11 is 0. The number of pyridine rings is 1. The van der Waals surface area contributed by atoms with E-state index in [4.69, 9.17) is 0 Å². The van der Waals surface area contributed by atoms with Gasteiger partial charge in [-0.25, -0.2) is 18.7 Å². The number of hydrogen-bond acceptors (Lipinski definition) is 4. The van der Waals surface area contributed by atoms with E-state index in [1.165, 1.54) is 12.1 Å². The summed E-state index contributed by atoms with van der Waals surface area (Å²) in [5.41, 5.74) is 4.17. The van der Waals surface area contributed by atoms with Gasteiger partial charge in [0.25, 0.3) is 0 Å². The van der Waals surface area contributed by atoms with Gasteiger partial charge in [-0.2, -0.15) is 10.2 Å². The first kappa shape index (κ1) is 15.4. The van der Waals surface area contributed by atoms with Gasteiger partial charge in [-0.15, -0.1) is 0 Å². The Kier molecular flexibility index (Phi) is 3.53. The molecule has 0 aliphatic rings. The predicted molar refractivity (Wildman–Crippen MR) is 97.7 cm³/mol. The third-order valence-electron chi connectivity index (χ3n) is 4.29. The zero-order valence-corrected chi connectivity index (χ0v) is 14.1. The van der Waals surface area contributed by atoms with E-state index in [1.54, 1.807) is 41.6 Å². The molecule has 1 aromatic carbocycles. The monoisotopic (exact) mass is 359 g/mol. The van der Waals surface area contributed by atoms with Crippen molar-refractivity contribution in [3.05, 3.63) is 78.8 Å². The van der Waals surface area contributed by atoms with E-state index >= 15 is 0 Å². The Morgan fingerprint density at radius 2 is 1.93 bits per heavy atom. The normalized spacial score (nSPS) is 11.3. The van der Waals surface area contributed by atoms with Crippen LogP contribution in [0.4, 0.5) is 4.39 Å². The summed E-state index contributed by atoms with van der Waals surface area (Å²) in [6.45, 7) is 0.610. The molecule has 27 heavy (non-hydrogen) atoms. The molecule has 0 bridgehead atoms. The Morgan fingerprint density at radius 3 is 2.78 bits per heavy atom. The van der Waals surface area contributed by atoms with Gasteiger partial charge in [0.1, 0.15) is 17.2 Å². The highest BCUT2D eigenvalue weighted by Crippen LogP contribution is 2.21. The minimum absolute atomic E-state index is 0.301. The lowest BCUT2D eigenvalue weighted by atomic mass is 10.3. The lowest BCUT2D eigenvalue weighted by molar-refractivity contribution is 0.625. The van der Waals surface area contributed by atoms with E-state index in [0.29, 0.717) is 18.1 Å². The second kappa shape index (κ2) is 6.17. The average molecular weight is 359 g/mol. The molecular weight excluding hydrogens is 345 g/mol. The summed E-state index contributed by atoms with van der Waals surface area (Å²) in [7, 11) is 0. The van der Waals surface area contributed by atoms with Gasteiger partial charge in [0.05, 0.1) is 30.2 Å². The minimum Gasteiger partial charge on any atom is -0.335 e.